The van der Waals surface area contributed by atoms with Crippen LogP contribution in [0.2, 0.25) is 0 Å². The van der Waals surface area contributed by atoms with Crippen molar-refractivity contribution in [1.82, 2.24) is 4.31 Å². The smallest absolute Gasteiger partial charge is 0.488 e. The number of para-hydroxylation sites is 1. The van der Waals surface area contributed by atoms with Gasteiger partial charge in [0.2, 0.25) is 10.0 Å². The van der Waals surface area contributed by atoms with Gasteiger partial charge in [0.15, 0.2) is 0 Å². The van der Waals surface area contributed by atoms with Crippen molar-refractivity contribution in [3.05, 3.63) is 54.1 Å². The molecule has 6 nitrogen and oxygen atoms in total. The first kappa shape index (κ1) is 23.4. The summed E-state index contributed by atoms with van der Waals surface area (Å²) in [4.78, 5) is -0.514. The van der Waals surface area contributed by atoms with Gasteiger partial charge in [0, 0.05) is 19.7 Å². The minimum Gasteiger partial charge on any atom is -0.488 e. The number of hydrogen-bond donors (Lipinski definition) is 0. The number of nitrogens with zero attached hydrogens (tertiary/aromatic N) is 1. The Morgan fingerprint density at radius 2 is 1.84 bits per heavy atom. The summed E-state index contributed by atoms with van der Waals surface area (Å²) in [5, 5.41) is 0. The second-order valence-corrected chi connectivity index (χ2v) is 9.17. The molecular formula is C21H24F3NO5S. The van der Waals surface area contributed by atoms with Crippen molar-refractivity contribution in [2.75, 3.05) is 13.7 Å². The highest BCUT2D eigenvalue weighted by atomic mass is 32.2. The van der Waals surface area contributed by atoms with Crippen LogP contribution in [0.3, 0.4) is 0 Å². The van der Waals surface area contributed by atoms with Crippen LogP contribution in [0, 0.1) is 0 Å². The Bertz CT molecular complexity index is 993. The quantitative estimate of drug-likeness (QED) is 0.529. The molecule has 1 saturated carbocycles. The van der Waals surface area contributed by atoms with Crippen molar-refractivity contribution >= 4 is 10.0 Å². The molecule has 1 aliphatic carbocycles. The van der Waals surface area contributed by atoms with Gasteiger partial charge >= 0.3 is 6.36 Å². The van der Waals surface area contributed by atoms with Gasteiger partial charge in [-0.05, 0) is 49.6 Å². The Hall–Kier alpha value is -2.30. The summed E-state index contributed by atoms with van der Waals surface area (Å²) in [6, 6.07) is 11.5. The molecule has 0 saturated heterocycles. The average Bonchev–Trinajstić information content (AvgIpc) is 3.50. The van der Waals surface area contributed by atoms with Crippen LogP contribution in [0.5, 0.6) is 11.5 Å². The summed E-state index contributed by atoms with van der Waals surface area (Å²) in [5.74, 6) is -0.192. The fourth-order valence-electron chi connectivity index (χ4n) is 3.17. The summed E-state index contributed by atoms with van der Waals surface area (Å²) in [6.07, 6.45) is -3.92. The molecule has 1 unspecified atom stereocenters. The molecule has 1 atom stereocenters. The lowest BCUT2D eigenvalue weighted by Crippen LogP contribution is -2.33. The highest BCUT2D eigenvalue weighted by Crippen LogP contribution is 2.37. The van der Waals surface area contributed by atoms with Gasteiger partial charge in [-0.25, -0.2) is 8.42 Å². The van der Waals surface area contributed by atoms with Gasteiger partial charge in [-0.1, -0.05) is 24.3 Å². The van der Waals surface area contributed by atoms with E-state index in [1.54, 1.807) is 31.4 Å². The van der Waals surface area contributed by atoms with Crippen molar-refractivity contribution in [2.45, 2.75) is 49.7 Å². The predicted molar refractivity (Wildman–Crippen MR) is 107 cm³/mol. The molecule has 0 N–H and O–H groups in total. The van der Waals surface area contributed by atoms with Gasteiger partial charge in [-0.2, -0.15) is 4.31 Å². The monoisotopic (exact) mass is 459 g/mol. The van der Waals surface area contributed by atoms with Crippen molar-refractivity contribution in [3.8, 4) is 11.5 Å². The molecule has 0 aliphatic heterocycles. The van der Waals surface area contributed by atoms with E-state index < -0.39 is 27.0 Å². The van der Waals surface area contributed by atoms with E-state index in [0.29, 0.717) is 30.8 Å². The fourth-order valence-corrected chi connectivity index (χ4v) is 4.96. The maximum absolute atomic E-state index is 13.3. The van der Waals surface area contributed by atoms with Gasteiger partial charge in [-0.15, -0.1) is 13.2 Å². The molecule has 2 aromatic rings. The minimum atomic E-state index is -5.00. The van der Waals surface area contributed by atoms with Crippen LogP contribution in [0.15, 0.2) is 53.4 Å². The van der Waals surface area contributed by atoms with E-state index in [1.807, 2.05) is 6.92 Å². The minimum absolute atomic E-state index is 0.00319. The van der Waals surface area contributed by atoms with Crippen molar-refractivity contribution in [2.24, 2.45) is 0 Å². The third-order valence-electron chi connectivity index (χ3n) is 4.59. The largest absolute Gasteiger partial charge is 0.573 e. The molecule has 0 aromatic heterocycles. The summed E-state index contributed by atoms with van der Waals surface area (Å²) < 4.78 is 80.9. The highest BCUT2D eigenvalue weighted by Gasteiger charge is 2.41. The molecule has 2 aromatic carbocycles. The van der Waals surface area contributed by atoms with Crippen molar-refractivity contribution < 1.29 is 35.8 Å². The summed E-state index contributed by atoms with van der Waals surface area (Å²) in [6.45, 7) is 2.24. The van der Waals surface area contributed by atoms with Crippen LogP contribution in [-0.2, 0) is 21.3 Å². The fraction of sp³-hybridized carbons (Fsp3) is 0.429. The first-order valence-electron chi connectivity index (χ1n) is 9.71. The van der Waals surface area contributed by atoms with E-state index in [0.717, 1.165) is 12.1 Å². The Labute approximate surface area is 179 Å². The number of halogens is 3. The van der Waals surface area contributed by atoms with E-state index in [2.05, 4.69) is 4.74 Å². The van der Waals surface area contributed by atoms with E-state index >= 15 is 0 Å². The first-order chi connectivity index (χ1) is 14.6. The Balaban J connectivity index is 1.87. The number of ether oxygens (including phenoxy) is 3. The molecule has 31 heavy (non-hydrogen) atoms. The lowest BCUT2D eigenvalue weighted by atomic mass is 10.2. The van der Waals surface area contributed by atoms with Crippen LogP contribution >= 0.6 is 0 Å². The summed E-state index contributed by atoms with van der Waals surface area (Å²) in [7, 11) is -2.67. The number of benzene rings is 2. The van der Waals surface area contributed by atoms with Gasteiger partial charge in [-0.3, -0.25) is 0 Å². The number of sulfonamides is 1. The summed E-state index contributed by atoms with van der Waals surface area (Å²) in [5.41, 5.74) is 0.659. The molecule has 10 heteroatoms. The predicted octanol–water partition coefficient (Wildman–Crippen LogP) is 4.35. The zero-order chi connectivity index (χ0) is 22.6. The van der Waals surface area contributed by atoms with Crippen molar-refractivity contribution in [3.63, 3.8) is 0 Å². The Morgan fingerprint density at radius 3 is 2.48 bits per heavy atom. The van der Waals surface area contributed by atoms with Crippen LogP contribution in [0.25, 0.3) is 0 Å². The molecule has 0 spiro atoms. The molecule has 1 fully saturated rings. The molecule has 170 valence electrons. The van der Waals surface area contributed by atoms with Crippen LogP contribution in [-0.4, -0.2) is 44.9 Å². The number of hydrogen-bond acceptors (Lipinski definition) is 5. The first-order valence-corrected chi connectivity index (χ1v) is 11.2. The second-order valence-electron chi connectivity index (χ2n) is 7.31. The maximum atomic E-state index is 13.3. The standard InChI is InChI=1S/C21H24F3NO5S/c1-15(14-28-2)29-18-7-5-6-16(12-18)13-25(17-10-11-17)31(26,27)20-9-4-3-8-19(20)30-21(22,23)24/h3-9,12,15,17H,10-11,13-14H2,1-2H3. The molecule has 0 amide bonds. The number of methoxy groups -OCH3 is 1. The molecule has 3 rings (SSSR count). The van der Waals surface area contributed by atoms with Crippen LogP contribution in [0.4, 0.5) is 13.2 Å². The second kappa shape index (κ2) is 9.46. The van der Waals surface area contributed by atoms with Crippen LogP contribution < -0.4 is 9.47 Å². The average molecular weight is 459 g/mol. The highest BCUT2D eigenvalue weighted by molar-refractivity contribution is 7.89. The zero-order valence-electron chi connectivity index (χ0n) is 17.1. The topological polar surface area (TPSA) is 65.1 Å². The van der Waals surface area contributed by atoms with Crippen LogP contribution in [0.1, 0.15) is 25.3 Å². The van der Waals surface area contributed by atoms with Gasteiger partial charge in [0.05, 0.1) is 6.61 Å². The number of rotatable bonds is 10. The van der Waals surface area contributed by atoms with Gasteiger partial charge in [0.25, 0.3) is 0 Å². The maximum Gasteiger partial charge on any atom is 0.573 e. The van der Waals surface area contributed by atoms with Gasteiger partial charge < -0.3 is 14.2 Å². The SMILES string of the molecule is COCC(C)Oc1cccc(CN(C2CC2)S(=O)(=O)c2ccccc2OC(F)(F)F)c1. The lowest BCUT2D eigenvalue weighted by Gasteiger charge is -2.24. The molecule has 0 bridgehead atoms. The molecule has 0 radical (unpaired) electrons. The molecular weight excluding hydrogens is 435 g/mol. The lowest BCUT2D eigenvalue weighted by molar-refractivity contribution is -0.275. The summed E-state index contributed by atoms with van der Waals surface area (Å²) >= 11 is 0. The van der Waals surface area contributed by atoms with E-state index in [-0.39, 0.29) is 18.7 Å². The third kappa shape index (κ3) is 6.34. The van der Waals surface area contributed by atoms with E-state index in [9.17, 15) is 21.6 Å². The van der Waals surface area contributed by atoms with E-state index in [1.165, 1.54) is 16.4 Å². The molecule has 1 aliphatic rings. The van der Waals surface area contributed by atoms with Crippen molar-refractivity contribution in [1.29, 1.82) is 0 Å². The Morgan fingerprint density at radius 1 is 1.13 bits per heavy atom. The third-order valence-corrected chi connectivity index (χ3v) is 6.53. The molecule has 0 heterocycles. The zero-order valence-corrected chi connectivity index (χ0v) is 17.9. The normalized spacial score (nSPS) is 15.7. The number of alkyl halides is 3. The van der Waals surface area contributed by atoms with E-state index in [4.69, 9.17) is 9.47 Å². The van der Waals surface area contributed by atoms with Gasteiger partial charge in [0.1, 0.15) is 22.5 Å². The Kier molecular flexibility index (Phi) is 7.13.